The summed E-state index contributed by atoms with van der Waals surface area (Å²) in [6.45, 7) is 10.5. The number of ether oxygens (including phenoxy) is 2. The maximum absolute atomic E-state index is 12.1. The van der Waals surface area contributed by atoms with E-state index in [-0.39, 0.29) is 17.1 Å². The summed E-state index contributed by atoms with van der Waals surface area (Å²) >= 11 is 0. The largest absolute Gasteiger partial charge is 0.513 e. The lowest BCUT2D eigenvalue weighted by molar-refractivity contribution is -0.114. The van der Waals surface area contributed by atoms with Crippen molar-refractivity contribution in [3.05, 3.63) is 35.6 Å². The number of hydrogen-bond donors (Lipinski definition) is 0. The van der Waals surface area contributed by atoms with Crippen molar-refractivity contribution in [2.75, 3.05) is 6.61 Å². The summed E-state index contributed by atoms with van der Waals surface area (Å²) in [5.74, 6) is 0.268. The van der Waals surface area contributed by atoms with Crippen molar-refractivity contribution in [2.45, 2.75) is 73.1 Å². The van der Waals surface area contributed by atoms with Gasteiger partial charge < -0.3 is 9.47 Å². The molecule has 0 aromatic rings. The normalized spacial score (nSPS) is 20.0. The van der Waals surface area contributed by atoms with E-state index < -0.39 is 6.16 Å². The lowest BCUT2D eigenvalue weighted by Gasteiger charge is -2.38. The predicted octanol–water partition coefficient (Wildman–Crippen LogP) is 6.13. The van der Waals surface area contributed by atoms with E-state index in [0.717, 1.165) is 37.7 Å². The monoisotopic (exact) mass is 362 g/mol. The highest BCUT2D eigenvalue weighted by molar-refractivity contribution is 5.90. The molecule has 0 aromatic carbocycles. The molecular formula is C22H34O4. The Balaban J connectivity index is 2.79. The molecular weight excluding hydrogens is 328 g/mol. The molecule has 0 fully saturated rings. The fourth-order valence-corrected chi connectivity index (χ4v) is 3.36. The first-order valence-corrected chi connectivity index (χ1v) is 9.72. The molecule has 0 saturated heterocycles. The van der Waals surface area contributed by atoms with Gasteiger partial charge in [0.15, 0.2) is 5.78 Å². The van der Waals surface area contributed by atoms with Gasteiger partial charge in [-0.1, -0.05) is 51.5 Å². The molecule has 1 rings (SSSR count). The van der Waals surface area contributed by atoms with E-state index in [1.807, 2.05) is 6.92 Å². The van der Waals surface area contributed by atoms with Crippen LogP contribution >= 0.6 is 0 Å². The van der Waals surface area contributed by atoms with E-state index in [4.69, 9.17) is 9.47 Å². The van der Waals surface area contributed by atoms with Crippen molar-refractivity contribution in [1.29, 1.82) is 0 Å². The summed E-state index contributed by atoms with van der Waals surface area (Å²) in [6, 6.07) is 0. The Labute approximate surface area is 158 Å². The van der Waals surface area contributed by atoms with Gasteiger partial charge in [0.05, 0.1) is 6.61 Å². The molecule has 146 valence electrons. The molecule has 1 aliphatic rings. The van der Waals surface area contributed by atoms with E-state index in [9.17, 15) is 9.59 Å². The summed E-state index contributed by atoms with van der Waals surface area (Å²) in [5.41, 5.74) is 1.05. The van der Waals surface area contributed by atoms with Gasteiger partial charge in [-0.05, 0) is 44.4 Å². The van der Waals surface area contributed by atoms with Crippen LogP contribution in [0.15, 0.2) is 35.6 Å². The van der Waals surface area contributed by atoms with Gasteiger partial charge in [-0.25, -0.2) is 4.79 Å². The van der Waals surface area contributed by atoms with Crippen LogP contribution in [-0.2, 0) is 14.3 Å². The van der Waals surface area contributed by atoms with Crippen LogP contribution in [0.25, 0.3) is 0 Å². The van der Waals surface area contributed by atoms with Crippen molar-refractivity contribution in [2.24, 2.45) is 11.3 Å². The minimum absolute atomic E-state index is 0.0494. The number of unbranched alkanes of at least 4 members (excludes halogenated alkanes) is 1. The quantitative estimate of drug-likeness (QED) is 0.163. The van der Waals surface area contributed by atoms with E-state index in [1.54, 1.807) is 6.92 Å². The lowest BCUT2D eigenvalue weighted by Crippen LogP contribution is -2.31. The zero-order chi connectivity index (χ0) is 19.6. The van der Waals surface area contributed by atoms with Gasteiger partial charge in [-0.2, -0.15) is 0 Å². The van der Waals surface area contributed by atoms with Gasteiger partial charge in [0, 0.05) is 18.4 Å². The zero-order valence-corrected chi connectivity index (χ0v) is 17.0. The fourth-order valence-electron chi connectivity index (χ4n) is 3.36. The molecule has 0 heterocycles. The summed E-state index contributed by atoms with van der Waals surface area (Å²) in [6.07, 6.45) is 12.1. The highest BCUT2D eigenvalue weighted by Crippen LogP contribution is 2.45. The van der Waals surface area contributed by atoms with Crippen LogP contribution in [-0.4, -0.2) is 18.5 Å². The van der Waals surface area contributed by atoms with Crippen LogP contribution in [0.4, 0.5) is 4.79 Å². The molecule has 0 aromatic heterocycles. The smallest absolute Gasteiger partial charge is 0.434 e. The zero-order valence-electron chi connectivity index (χ0n) is 17.0. The second-order valence-electron chi connectivity index (χ2n) is 7.50. The third-order valence-electron chi connectivity index (χ3n) is 4.77. The van der Waals surface area contributed by atoms with Gasteiger partial charge >= 0.3 is 6.16 Å². The average Bonchev–Trinajstić information content (AvgIpc) is 2.56. The maximum Gasteiger partial charge on any atom is 0.513 e. The Kier molecular flexibility index (Phi) is 9.39. The van der Waals surface area contributed by atoms with E-state index in [0.29, 0.717) is 18.8 Å². The Morgan fingerprint density at radius 3 is 2.62 bits per heavy atom. The summed E-state index contributed by atoms with van der Waals surface area (Å²) in [7, 11) is 0. The Morgan fingerprint density at radius 2 is 2.00 bits per heavy atom. The number of ketones is 1. The molecule has 1 atom stereocenters. The van der Waals surface area contributed by atoms with E-state index >= 15 is 0 Å². The van der Waals surface area contributed by atoms with E-state index in [1.165, 1.54) is 6.08 Å². The average molecular weight is 363 g/mol. The molecule has 0 aliphatic heterocycles. The van der Waals surface area contributed by atoms with Gasteiger partial charge in [-0.3, -0.25) is 4.79 Å². The Bertz CT molecular complexity index is 567. The second kappa shape index (κ2) is 11.0. The maximum atomic E-state index is 12.1. The summed E-state index contributed by atoms with van der Waals surface area (Å²) in [4.78, 5) is 24.1. The van der Waals surface area contributed by atoms with E-state index in [2.05, 4.69) is 39.0 Å². The molecule has 1 aliphatic carbocycles. The lowest BCUT2D eigenvalue weighted by atomic mass is 9.67. The highest BCUT2D eigenvalue weighted by atomic mass is 16.7. The fraction of sp³-hybridized carbons (Fsp3) is 0.636. The minimum Gasteiger partial charge on any atom is -0.434 e. The van der Waals surface area contributed by atoms with Crippen LogP contribution in [0.2, 0.25) is 0 Å². The summed E-state index contributed by atoms with van der Waals surface area (Å²) in [5, 5.41) is 0. The van der Waals surface area contributed by atoms with Gasteiger partial charge in [0.2, 0.25) is 0 Å². The van der Waals surface area contributed by atoms with Gasteiger partial charge in [0.25, 0.3) is 0 Å². The van der Waals surface area contributed by atoms with Gasteiger partial charge in [0.1, 0.15) is 5.76 Å². The summed E-state index contributed by atoms with van der Waals surface area (Å²) < 4.78 is 10.7. The number of allylic oxidation sites excluding steroid dienone is 5. The van der Waals surface area contributed by atoms with Crippen molar-refractivity contribution in [3.8, 4) is 0 Å². The third-order valence-corrected chi connectivity index (χ3v) is 4.77. The minimum atomic E-state index is -0.728. The molecule has 0 amide bonds. The Hall–Kier alpha value is -1.84. The number of carbonyl (C=O) groups excluding carboxylic acids is 2. The van der Waals surface area contributed by atoms with Crippen LogP contribution in [0.5, 0.6) is 0 Å². The number of rotatable bonds is 9. The predicted molar refractivity (Wildman–Crippen MR) is 105 cm³/mol. The Morgan fingerprint density at radius 1 is 1.27 bits per heavy atom. The van der Waals surface area contributed by atoms with Crippen molar-refractivity contribution in [1.82, 2.24) is 0 Å². The van der Waals surface area contributed by atoms with Crippen LogP contribution < -0.4 is 0 Å². The molecule has 26 heavy (non-hydrogen) atoms. The molecule has 4 heteroatoms. The standard InChI is InChI=1S/C22H34O4/c1-6-8-9-10-11-15-25-21(24)26-19(16-18(23)7-2)20-17(3)13-12-14-22(20,4)5/h8-9,13,16,20H,6-7,10-12,14-15H2,1-5H3/b9-8-,19-16?. The van der Waals surface area contributed by atoms with Crippen LogP contribution in [0, 0.1) is 11.3 Å². The van der Waals surface area contributed by atoms with Crippen molar-refractivity contribution < 1.29 is 19.1 Å². The van der Waals surface area contributed by atoms with Crippen molar-refractivity contribution in [3.63, 3.8) is 0 Å². The SMILES string of the molecule is CC/C=C\CCCOC(=O)OC(=CC(=O)CC)C1C(C)=CCCC1(C)C. The molecule has 0 spiro atoms. The van der Waals surface area contributed by atoms with Crippen LogP contribution in [0.1, 0.15) is 73.1 Å². The molecule has 0 N–H and O–H groups in total. The highest BCUT2D eigenvalue weighted by Gasteiger charge is 2.37. The molecule has 4 nitrogen and oxygen atoms in total. The molecule has 0 saturated carbocycles. The molecule has 0 bridgehead atoms. The second-order valence-corrected chi connectivity index (χ2v) is 7.50. The topological polar surface area (TPSA) is 52.6 Å². The first kappa shape index (κ1) is 22.2. The van der Waals surface area contributed by atoms with Crippen molar-refractivity contribution >= 4 is 11.9 Å². The first-order valence-electron chi connectivity index (χ1n) is 9.72. The number of carbonyl (C=O) groups is 2. The number of hydrogen-bond acceptors (Lipinski definition) is 4. The molecule has 0 radical (unpaired) electrons. The van der Waals surface area contributed by atoms with Gasteiger partial charge in [-0.15, -0.1) is 0 Å². The van der Waals surface area contributed by atoms with Crippen LogP contribution in [0.3, 0.4) is 0 Å². The first-order chi connectivity index (χ1) is 12.3. The third kappa shape index (κ3) is 7.19. The molecule has 1 unspecified atom stereocenters.